The molecular weight excluding hydrogens is 462 g/mol. The highest BCUT2D eigenvalue weighted by molar-refractivity contribution is 7.09. The first-order valence-corrected chi connectivity index (χ1v) is 12.3. The molecule has 4 rings (SSSR count). The van der Waals surface area contributed by atoms with Gasteiger partial charge in [-0.05, 0) is 67.9 Å². The first-order valence-electron chi connectivity index (χ1n) is 11.4. The Morgan fingerprint density at radius 2 is 1.63 bits per heavy atom. The Labute approximate surface area is 209 Å². The van der Waals surface area contributed by atoms with Crippen LogP contribution >= 0.6 is 11.3 Å². The largest absolute Gasteiger partial charge is 0.497 e. The lowest BCUT2D eigenvalue weighted by Crippen LogP contribution is -2.24. The number of nitrogens with one attached hydrogen (secondary N) is 1. The standard InChI is InChI=1S/C27H29N3O4S/c1-5-14-28-27(31)23-15-25(30(18(23)2)19-6-8-20(32-3)9-7-19)24-17-35-26(29-24)16-34-22-12-10-21(33-4)11-13-22/h6-13,15,17H,5,14,16H2,1-4H3,(H,28,31). The van der Waals surface area contributed by atoms with E-state index >= 15 is 0 Å². The number of hydrogen-bond acceptors (Lipinski definition) is 6. The van der Waals surface area contributed by atoms with Crippen LogP contribution in [0.5, 0.6) is 17.2 Å². The molecule has 0 unspecified atom stereocenters. The molecule has 8 heteroatoms. The van der Waals surface area contributed by atoms with Crippen LogP contribution in [-0.2, 0) is 6.61 Å². The molecule has 0 saturated heterocycles. The monoisotopic (exact) mass is 491 g/mol. The van der Waals surface area contributed by atoms with Crippen LogP contribution in [-0.4, -0.2) is 36.2 Å². The minimum atomic E-state index is -0.0869. The lowest BCUT2D eigenvalue weighted by atomic mass is 10.2. The van der Waals surface area contributed by atoms with Crippen LogP contribution in [0.4, 0.5) is 0 Å². The van der Waals surface area contributed by atoms with Crippen LogP contribution in [0.3, 0.4) is 0 Å². The van der Waals surface area contributed by atoms with Crippen molar-refractivity contribution in [2.45, 2.75) is 26.9 Å². The SMILES string of the molecule is CCCNC(=O)c1cc(-c2csc(COc3ccc(OC)cc3)n2)n(-c2ccc(OC)cc2)c1C. The Hall–Kier alpha value is -3.78. The first kappa shape index (κ1) is 24.3. The summed E-state index contributed by atoms with van der Waals surface area (Å²) in [5, 5.41) is 5.82. The normalized spacial score (nSPS) is 10.7. The number of methoxy groups -OCH3 is 2. The Bertz CT molecular complexity index is 1280. The molecule has 1 N–H and O–H groups in total. The van der Waals surface area contributed by atoms with Gasteiger partial charge in [0.2, 0.25) is 0 Å². The van der Waals surface area contributed by atoms with E-state index in [0.717, 1.165) is 51.4 Å². The molecule has 182 valence electrons. The molecule has 0 atom stereocenters. The van der Waals surface area contributed by atoms with E-state index in [4.69, 9.17) is 19.2 Å². The van der Waals surface area contributed by atoms with Crippen LogP contribution in [0.15, 0.2) is 60.0 Å². The van der Waals surface area contributed by atoms with Crippen molar-refractivity contribution in [3.63, 3.8) is 0 Å². The highest BCUT2D eigenvalue weighted by Gasteiger charge is 2.21. The van der Waals surface area contributed by atoms with E-state index in [1.54, 1.807) is 14.2 Å². The van der Waals surface area contributed by atoms with E-state index in [2.05, 4.69) is 9.88 Å². The molecule has 2 heterocycles. The topological polar surface area (TPSA) is 74.6 Å². The maximum absolute atomic E-state index is 12.9. The van der Waals surface area contributed by atoms with Crippen LogP contribution in [0.1, 0.15) is 34.4 Å². The summed E-state index contributed by atoms with van der Waals surface area (Å²) in [5.41, 5.74) is 4.05. The van der Waals surface area contributed by atoms with Crippen molar-refractivity contribution in [2.24, 2.45) is 0 Å². The second-order valence-electron chi connectivity index (χ2n) is 7.91. The number of carbonyl (C=O) groups is 1. The molecule has 1 amide bonds. The van der Waals surface area contributed by atoms with Gasteiger partial charge in [0.05, 0.1) is 31.2 Å². The Balaban J connectivity index is 1.64. The predicted octanol–water partition coefficient (Wildman–Crippen LogP) is 5.65. The van der Waals surface area contributed by atoms with Gasteiger partial charge in [-0.15, -0.1) is 11.3 Å². The Morgan fingerprint density at radius 3 is 2.26 bits per heavy atom. The molecule has 2 aromatic heterocycles. The van der Waals surface area contributed by atoms with Gasteiger partial charge in [-0.1, -0.05) is 6.92 Å². The van der Waals surface area contributed by atoms with Gasteiger partial charge in [0.1, 0.15) is 28.9 Å². The number of amides is 1. The van der Waals surface area contributed by atoms with E-state index in [0.29, 0.717) is 18.7 Å². The zero-order valence-corrected chi connectivity index (χ0v) is 21.1. The third kappa shape index (κ3) is 5.49. The van der Waals surface area contributed by atoms with Crippen LogP contribution in [0.2, 0.25) is 0 Å². The van der Waals surface area contributed by atoms with Gasteiger partial charge in [-0.25, -0.2) is 4.98 Å². The summed E-state index contributed by atoms with van der Waals surface area (Å²) in [6, 6.07) is 17.1. The van der Waals surface area contributed by atoms with Crippen molar-refractivity contribution in [1.29, 1.82) is 0 Å². The smallest absolute Gasteiger partial charge is 0.253 e. The average Bonchev–Trinajstić information content (AvgIpc) is 3.50. The molecule has 0 bridgehead atoms. The van der Waals surface area contributed by atoms with Gasteiger partial charge in [0, 0.05) is 23.3 Å². The fourth-order valence-corrected chi connectivity index (χ4v) is 4.43. The fourth-order valence-electron chi connectivity index (χ4n) is 3.73. The maximum atomic E-state index is 12.9. The average molecular weight is 492 g/mol. The number of ether oxygens (including phenoxy) is 3. The molecule has 0 aliphatic carbocycles. The minimum Gasteiger partial charge on any atom is -0.497 e. The summed E-state index contributed by atoms with van der Waals surface area (Å²) in [5.74, 6) is 2.21. The van der Waals surface area contributed by atoms with Crippen molar-refractivity contribution in [1.82, 2.24) is 14.9 Å². The number of carbonyl (C=O) groups excluding carboxylic acids is 1. The summed E-state index contributed by atoms with van der Waals surface area (Å²) in [6.45, 7) is 4.97. The number of nitrogens with zero attached hydrogens (tertiary/aromatic N) is 2. The van der Waals surface area contributed by atoms with E-state index in [9.17, 15) is 4.79 Å². The van der Waals surface area contributed by atoms with Gasteiger partial charge in [-0.2, -0.15) is 0 Å². The van der Waals surface area contributed by atoms with Gasteiger partial charge < -0.3 is 24.1 Å². The van der Waals surface area contributed by atoms with Crippen molar-refractivity contribution in [3.8, 4) is 34.3 Å². The second kappa shape index (κ2) is 11.1. The summed E-state index contributed by atoms with van der Waals surface area (Å²) >= 11 is 1.52. The van der Waals surface area contributed by atoms with E-state index in [-0.39, 0.29) is 5.91 Å². The predicted molar refractivity (Wildman–Crippen MR) is 138 cm³/mol. The molecular formula is C27H29N3O4S. The van der Waals surface area contributed by atoms with Gasteiger partial charge in [0.25, 0.3) is 5.91 Å². The number of aromatic nitrogens is 2. The van der Waals surface area contributed by atoms with Crippen LogP contribution < -0.4 is 19.5 Å². The first-order chi connectivity index (χ1) is 17.0. The summed E-state index contributed by atoms with van der Waals surface area (Å²) in [6.07, 6.45) is 0.875. The molecule has 7 nitrogen and oxygen atoms in total. The van der Waals surface area contributed by atoms with Crippen molar-refractivity contribution in [3.05, 3.63) is 76.2 Å². The third-order valence-corrected chi connectivity index (χ3v) is 6.42. The Morgan fingerprint density at radius 1 is 1.00 bits per heavy atom. The van der Waals surface area contributed by atoms with Crippen molar-refractivity contribution < 1.29 is 19.0 Å². The lowest BCUT2D eigenvalue weighted by Gasteiger charge is -2.12. The second-order valence-corrected chi connectivity index (χ2v) is 8.85. The zero-order chi connectivity index (χ0) is 24.8. The lowest BCUT2D eigenvalue weighted by molar-refractivity contribution is 0.0953. The van der Waals surface area contributed by atoms with Crippen LogP contribution in [0, 0.1) is 6.92 Å². The molecule has 0 fully saturated rings. The molecule has 35 heavy (non-hydrogen) atoms. The third-order valence-electron chi connectivity index (χ3n) is 5.59. The number of hydrogen-bond donors (Lipinski definition) is 1. The van der Waals surface area contributed by atoms with E-state index < -0.39 is 0 Å². The van der Waals surface area contributed by atoms with Crippen LogP contribution in [0.25, 0.3) is 17.1 Å². The highest BCUT2D eigenvalue weighted by Crippen LogP contribution is 2.31. The summed E-state index contributed by atoms with van der Waals surface area (Å²) in [7, 11) is 3.28. The maximum Gasteiger partial charge on any atom is 0.253 e. The van der Waals surface area contributed by atoms with Gasteiger partial charge in [-0.3, -0.25) is 4.79 Å². The molecule has 0 spiro atoms. The molecule has 0 aliphatic heterocycles. The van der Waals surface area contributed by atoms with E-state index in [1.807, 2.05) is 73.8 Å². The number of benzene rings is 2. The summed E-state index contributed by atoms with van der Waals surface area (Å²) < 4.78 is 18.5. The summed E-state index contributed by atoms with van der Waals surface area (Å²) in [4.78, 5) is 17.7. The molecule has 2 aromatic carbocycles. The Kier molecular flexibility index (Phi) is 7.72. The van der Waals surface area contributed by atoms with E-state index in [1.165, 1.54) is 11.3 Å². The zero-order valence-electron chi connectivity index (χ0n) is 20.3. The van der Waals surface area contributed by atoms with Gasteiger partial charge in [0.15, 0.2) is 0 Å². The molecule has 0 aliphatic rings. The minimum absolute atomic E-state index is 0.0869. The highest BCUT2D eigenvalue weighted by atomic mass is 32.1. The van der Waals surface area contributed by atoms with Gasteiger partial charge >= 0.3 is 0 Å². The molecule has 0 radical (unpaired) electrons. The quantitative estimate of drug-likeness (QED) is 0.311. The number of rotatable bonds is 10. The van der Waals surface area contributed by atoms with Crippen molar-refractivity contribution >= 4 is 17.2 Å². The fraction of sp³-hybridized carbons (Fsp3) is 0.259. The number of thiazole rings is 1. The molecule has 0 saturated carbocycles. The molecule has 4 aromatic rings. The van der Waals surface area contributed by atoms with Crippen molar-refractivity contribution in [2.75, 3.05) is 20.8 Å².